The molecule has 1 aliphatic rings. The van der Waals surface area contributed by atoms with Crippen molar-refractivity contribution in [2.75, 3.05) is 0 Å². The van der Waals surface area contributed by atoms with Gasteiger partial charge in [-0.1, -0.05) is 38.0 Å². The van der Waals surface area contributed by atoms with Crippen molar-refractivity contribution in [1.82, 2.24) is 5.43 Å². The van der Waals surface area contributed by atoms with Crippen LogP contribution in [0.15, 0.2) is 35.3 Å². The molecule has 1 aromatic rings. The van der Waals surface area contributed by atoms with Gasteiger partial charge in [0.2, 0.25) is 0 Å². The van der Waals surface area contributed by atoms with Gasteiger partial charge in [-0.15, -0.1) is 0 Å². The second-order valence-electron chi connectivity index (χ2n) is 4.93. The maximum Gasteiger partial charge on any atom is 0.119 e. The highest BCUT2D eigenvalue weighted by molar-refractivity contribution is 5.86. The molecule has 0 amide bonds. The van der Waals surface area contributed by atoms with Crippen LogP contribution >= 0.6 is 0 Å². The minimum Gasteiger partial charge on any atom is -0.312 e. The van der Waals surface area contributed by atoms with Crippen LogP contribution in [0, 0.1) is 11.8 Å². The first-order chi connectivity index (χ1) is 8.29. The van der Waals surface area contributed by atoms with E-state index in [0.717, 1.165) is 17.4 Å². The largest absolute Gasteiger partial charge is 0.312 e. The molecule has 0 radical (unpaired) electrons. The van der Waals surface area contributed by atoms with Gasteiger partial charge in [0.25, 0.3) is 0 Å². The Morgan fingerprint density at radius 3 is 2.41 bits per heavy atom. The highest BCUT2D eigenvalue weighted by Gasteiger charge is 2.22. The zero-order valence-electron chi connectivity index (χ0n) is 10.4. The fourth-order valence-electron chi connectivity index (χ4n) is 2.42. The number of hydrogen-bond donors (Lipinski definition) is 2. The third kappa shape index (κ3) is 3.30. The molecule has 3 N–H and O–H groups in total. The fraction of sp³-hybridized carbons (Fsp3) is 0.500. The van der Waals surface area contributed by atoms with Crippen LogP contribution < -0.4 is 11.3 Å². The van der Waals surface area contributed by atoms with Crippen molar-refractivity contribution in [2.45, 2.75) is 32.6 Å². The topological polar surface area (TPSA) is 50.4 Å². The van der Waals surface area contributed by atoms with Crippen molar-refractivity contribution in [3.8, 4) is 0 Å². The van der Waals surface area contributed by atoms with Gasteiger partial charge in [0.05, 0.1) is 5.69 Å². The van der Waals surface area contributed by atoms with Crippen molar-refractivity contribution < 1.29 is 0 Å². The van der Waals surface area contributed by atoms with Crippen LogP contribution in [0.3, 0.4) is 0 Å². The minimum atomic E-state index is 0.497. The number of nitrogens with two attached hydrogens (primary N) is 1. The summed E-state index contributed by atoms with van der Waals surface area (Å²) in [7, 11) is 0. The molecule has 0 unspecified atom stereocenters. The van der Waals surface area contributed by atoms with Crippen molar-refractivity contribution in [3.05, 3.63) is 30.3 Å². The molecule has 0 aromatic heterocycles. The third-order valence-corrected chi connectivity index (χ3v) is 3.56. The number of aliphatic imine (C=N–C) groups is 1. The number of hydrazine groups is 1. The summed E-state index contributed by atoms with van der Waals surface area (Å²) in [5, 5.41) is 0. The van der Waals surface area contributed by atoms with Gasteiger partial charge in [0, 0.05) is 5.92 Å². The molecule has 0 bridgehead atoms. The zero-order valence-corrected chi connectivity index (χ0v) is 10.4. The van der Waals surface area contributed by atoms with Crippen LogP contribution in [-0.4, -0.2) is 5.84 Å². The molecule has 1 saturated carbocycles. The molecule has 0 saturated heterocycles. The quantitative estimate of drug-likeness (QED) is 0.356. The van der Waals surface area contributed by atoms with E-state index in [0.29, 0.717) is 5.92 Å². The summed E-state index contributed by atoms with van der Waals surface area (Å²) in [6.07, 6.45) is 4.94. The number of amidine groups is 1. The van der Waals surface area contributed by atoms with Gasteiger partial charge in [-0.25, -0.2) is 10.8 Å². The first-order valence-electron chi connectivity index (χ1n) is 6.40. The van der Waals surface area contributed by atoms with Gasteiger partial charge >= 0.3 is 0 Å². The highest BCUT2D eigenvalue weighted by atomic mass is 15.3. The van der Waals surface area contributed by atoms with E-state index in [1.54, 1.807) is 0 Å². The Labute approximate surface area is 103 Å². The lowest BCUT2D eigenvalue weighted by molar-refractivity contribution is 0.340. The molecule has 0 heterocycles. The standard InChI is InChI=1S/C14H21N3/c1-11-7-9-12(10-8-11)14(17-15)16-13-5-3-2-4-6-13/h2-6,11-12H,7-10,15H2,1H3,(H,16,17). The number of nitrogens with one attached hydrogen (secondary N) is 1. The lowest BCUT2D eigenvalue weighted by Gasteiger charge is -2.26. The summed E-state index contributed by atoms with van der Waals surface area (Å²) in [4.78, 5) is 4.61. The van der Waals surface area contributed by atoms with Crippen LogP contribution in [0.1, 0.15) is 32.6 Å². The Balaban J connectivity index is 2.08. The second kappa shape index (κ2) is 5.82. The molecule has 3 heteroatoms. The van der Waals surface area contributed by atoms with Crippen molar-refractivity contribution in [2.24, 2.45) is 22.7 Å². The van der Waals surface area contributed by atoms with E-state index < -0.39 is 0 Å². The first kappa shape index (κ1) is 12.1. The fourth-order valence-corrected chi connectivity index (χ4v) is 2.42. The number of para-hydroxylation sites is 1. The molecular weight excluding hydrogens is 210 g/mol. The number of benzene rings is 1. The smallest absolute Gasteiger partial charge is 0.119 e. The highest BCUT2D eigenvalue weighted by Crippen LogP contribution is 2.29. The van der Waals surface area contributed by atoms with Gasteiger partial charge in [-0.2, -0.15) is 0 Å². The van der Waals surface area contributed by atoms with Gasteiger partial charge in [0.1, 0.15) is 5.84 Å². The Morgan fingerprint density at radius 1 is 1.18 bits per heavy atom. The lowest BCUT2D eigenvalue weighted by atomic mass is 9.82. The monoisotopic (exact) mass is 231 g/mol. The summed E-state index contributed by atoms with van der Waals surface area (Å²) < 4.78 is 0. The van der Waals surface area contributed by atoms with Crippen molar-refractivity contribution in [1.29, 1.82) is 0 Å². The summed E-state index contributed by atoms with van der Waals surface area (Å²) >= 11 is 0. The predicted octanol–water partition coefficient (Wildman–Crippen LogP) is 3.01. The number of rotatable bonds is 2. The molecule has 2 rings (SSSR count). The zero-order chi connectivity index (χ0) is 12.1. The maximum atomic E-state index is 5.61. The second-order valence-corrected chi connectivity index (χ2v) is 4.93. The van der Waals surface area contributed by atoms with E-state index in [4.69, 9.17) is 5.84 Å². The SMILES string of the molecule is CC1CCC(C(=Nc2ccccc2)NN)CC1. The molecule has 0 aliphatic heterocycles. The molecule has 1 aliphatic carbocycles. The average Bonchev–Trinajstić information content (AvgIpc) is 2.38. The van der Waals surface area contributed by atoms with Crippen molar-refractivity contribution in [3.63, 3.8) is 0 Å². The Morgan fingerprint density at radius 2 is 1.82 bits per heavy atom. The van der Waals surface area contributed by atoms with Crippen LogP contribution in [-0.2, 0) is 0 Å². The van der Waals surface area contributed by atoms with Crippen LogP contribution in [0.2, 0.25) is 0 Å². The summed E-state index contributed by atoms with van der Waals surface area (Å²) in [6, 6.07) is 9.99. The Bertz CT molecular complexity index is 364. The average molecular weight is 231 g/mol. The van der Waals surface area contributed by atoms with E-state index >= 15 is 0 Å². The van der Waals surface area contributed by atoms with Crippen LogP contribution in [0.5, 0.6) is 0 Å². The van der Waals surface area contributed by atoms with Gasteiger partial charge in [0.15, 0.2) is 0 Å². The maximum absolute atomic E-state index is 5.61. The molecule has 17 heavy (non-hydrogen) atoms. The van der Waals surface area contributed by atoms with E-state index in [2.05, 4.69) is 17.3 Å². The third-order valence-electron chi connectivity index (χ3n) is 3.56. The van der Waals surface area contributed by atoms with E-state index in [1.165, 1.54) is 25.7 Å². The normalized spacial score (nSPS) is 25.6. The summed E-state index contributed by atoms with van der Waals surface area (Å²) in [5.74, 6) is 7.88. The van der Waals surface area contributed by atoms with E-state index in [9.17, 15) is 0 Å². The minimum absolute atomic E-state index is 0.497. The van der Waals surface area contributed by atoms with Gasteiger partial charge < -0.3 is 5.43 Å². The summed E-state index contributed by atoms with van der Waals surface area (Å²) in [5.41, 5.74) is 3.76. The predicted molar refractivity (Wildman–Crippen MR) is 72.0 cm³/mol. The Hall–Kier alpha value is -1.35. The molecule has 1 aromatic carbocycles. The number of hydrogen-bond acceptors (Lipinski definition) is 2. The van der Waals surface area contributed by atoms with Crippen LogP contribution in [0.25, 0.3) is 0 Å². The molecule has 0 atom stereocenters. The molecule has 1 fully saturated rings. The van der Waals surface area contributed by atoms with Crippen molar-refractivity contribution >= 4 is 11.5 Å². The molecule has 0 spiro atoms. The lowest BCUT2D eigenvalue weighted by Crippen LogP contribution is -2.37. The van der Waals surface area contributed by atoms with E-state index in [1.807, 2.05) is 30.3 Å². The molecular formula is C14H21N3. The van der Waals surface area contributed by atoms with E-state index in [-0.39, 0.29) is 0 Å². The van der Waals surface area contributed by atoms with Gasteiger partial charge in [-0.05, 0) is 30.9 Å². The number of nitrogens with zero attached hydrogens (tertiary/aromatic N) is 1. The molecule has 92 valence electrons. The Kier molecular flexibility index (Phi) is 4.15. The van der Waals surface area contributed by atoms with Gasteiger partial charge in [-0.3, -0.25) is 0 Å². The summed E-state index contributed by atoms with van der Waals surface area (Å²) in [6.45, 7) is 2.32. The van der Waals surface area contributed by atoms with Crippen LogP contribution in [0.4, 0.5) is 5.69 Å². The first-order valence-corrected chi connectivity index (χ1v) is 6.40. The molecule has 3 nitrogen and oxygen atoms in total.